The van der Waals surface area contributed by atoms with Crippen LogP contribution in [0.1, 0.15) is 56.2 Å². The summed E-state index contributed by atoms with van der Waals surface area (Å²) in [5.74, 6) is 1.78. The molecule has 0 radical (unpaired) electrons. The molecule has 0 aromatic heterocycles. The summed E-state index contributed by atoms with van der Waals surface area (Å²) in [6, 6.07) is 63.7. The van der Waals surface area contributed by atoms with Gasteiger partial charge in [0, 0.05) is 28.0 Å². The molecule has 8 aromatic rings. The molecule has 3 heteroatoms. The summed E-state index contributed by atoms with van der Waals surface area (Å²) in [6.45, 7) is 0. The molecule has 4 aliphatic rings. The van der Waals surface area contributed by atoms with Gasteiger partial charge in [0.15, 0.2) is 0 Å². The quantitative estimate of drug-likeness (QED) is 0.196. The second kappa shape index (κ2) is 12.4. The number of hydrogen-bond donors (Lipinski definition) is 1. The van der Waals surface area contributed by atoms with Crippen molar-refractivity contribution in [3.63, 3.8) is 0 Å². The molecule has 0 fully saturated rings. The lowest BCUT2D eigenvalue weighted by atomic mass is 9.65. The minimum absolute atomic E-state index is 0.333. The summed E-state index contributed by atoms with van der Waals surface area (Å²) >= 11 is 0. The smallest absolute Gasteiger partial charge is 0.146 e. The highest BCUT2D eigenvalue weighted by Crippen LogP contribution is 2.62. The van der Waals surface area contributed by atoms with E-state index in [4.69, 9.17) is 9.73 Å². The second-order valence-corrected chi connectivity index (χ2v) is 15.4. The maximum atomic E-state index is 6.77. The van der Waals surface area contributed by atoms with Crippen molar-refractivity contribution in [2.24, 2.45) is 4.99 Å². The molecule has 0 saturated heterocycles. The highest BCUT2D eigenvalue weighted by molar-refractivity contribution is 6.15. The van der Waals surface area contributed by atoms with E-state index in [-0.39, 0.29) is 6.17 Å². The predicted octanol–water partition coefficient (Wildman–Crippen LogP) is 12.7. The summed E-state index contributed by atoms with van der Waals surface area (Å²) in [5.41, 5.74) is 17.1. The number of para-hydroxylation sites is 1. The van der Waals surface area contributed by atoms with Gasteiger partial charge in [0.1, 0.15) is 17.7 Å². The molecule has 12 rings (SSSR count). The minimum Gasteiger partial charge on any atom is -0.457 e. The maximum Gasteiger partial charge on any atom is 0.146 e. The van der Waals surface area contributed by atoms with Gasteiger partial charge in [0.25, 0.3) is 0 Å². The van der Waals surface area contributed by atoms with Gasteiger partial charge in [0.05, 0.1) is 11.1 Å². The molecular formula is C54H36N2O. The van der Waals surface area contributed by atoms with Gasteiger partial charge < -0.3 is 10.1 Å². The Kier molecular flexibility index (Phi) is 6.97. The lowest BCUT2D eigenvalue weighted by Crippen LogP contribution is -2.32. The van der Waals surface area contributed by atoms with Gasteiger partial charge in [-0.25, -0.2) is 0 Å². The molecule has 8 aromatic carbocycles. The Bertz CT molecular complexity index is 3010. The van der Waals surface area contributed by atoms with E-state index in [0.29, 0.717) is 0 Å². The molecule has 1 unspecified atom stereocenters. The van der Waals surface area contributed by atoms with Crippen LogP contribution in [0, 0.1) is 0 Å². The third-order valence-corrected chi connectivity index (χ3v) is 12.4. The van der Waals surface area contributed by atoms with E-state index in [1.165, 1.54) is 44.2 Å². The molecule has 2 aliphatic heterocycles. The van der Waals surface area contributed by atoms with Crippen LogP contribution in [0.25, 0.3) is 44.8 Å². The first-order chi connectivity index (χ1) is 28.2. The van der Waals surface area contributed by atoms with Gasteiger partial charge in [-0.1, -0.05) is 158 Å². The maximum absolute atomic E-state index is 6.77. The molecule has 0 bridgehead atoms. The largest absolute Gasteiger partial charge is 0.457 e. The lowest BCUT2D eigenvalue weighted by Gasteiger charge is -2.39. The Morgan fingerprint density at radius 1 is 0.544 bits per heavy atom. The fourth-order valence-corrected chi connectivity index (χ4v) is 9.95. The number of nitrogens with one attached hydrogen (secondary N) is 1. The number of benzene rings is 8. The molecule has 0 amide bonds. The number of rotatable bonds is 4. The number of nitrogens with zero attached hydrogens (tertiary/aromatic N) is 1. The highest BCUT2D eigenvalue weighted by Gasteiger charge is 2.51. The van der Waals surface area contributed by atoms with E-state index in [2.05, 4.69) is 199 Å². The number of hydrogen-bond acceptors (Lipinski definition) is 3. The second-order valence-electron chi connectivity index (χ2n) is 15.4. The third-order valence-electron chi connectivity index (χ3n) is 12.4. The van der Waals surface area contributed by atoms with E-state index >= 15 is 0 Å². The number of allylic oxidation sites excluding steroid dienone is 2. The van der Waals surface area contributed by atoms with Gasteiger partial charge >= 0.3 is 0 Å². The Morgan fingerprint density at radius 3 is 2.07 bits per heavy atom. The number of fused-ring (bicyclic) bond motifs is 9. The molecule has 3 nitrogen and oxygen atoms in total. The summed E-state index contributed by atoms with van der Waals surface area (Å²) in [6.07, 6.45) is 7.38. The van der Waals surface area contributed by atoms with Gasteiger partial charge in [-0.15, -0.1) is 0 Å². The van der Waals surface area contributed by atoms with E-state index in [9.17, 15) is 0 Å². The predicted molar refractivity (Wildman–Crippen MR) is 233 cm³/mol. The van der Waals surface area contributed by atoms with Crippen molar-refractivity contribution in [3.05, 3.63) is 238 Å². The molecule has 0 saturated carbocycles. The zero-order chi connectivity index (χ0) is 37.5. The van der Waals surface area contributed by atoms with E-state index in [1.54, 1.807) is 0 Å². The van der Waals surface area contributed by atoms with Gasteiger partial charge in [0.2, 0.25) is 0 Å². The van der Waals surface area contributed by atoms with Crippen molar-refractivity contribution in [2.75, 3.05) is 0 Å². The summed E-state index contributed by atoms with van der Waals surface area (Å²) in [5, 5.41) is 6.46. The average molecular weight is 729 g/mol. The van der Waals surface area contributed by atoms with Crippen LogP contribution in [-0.2, 0) is 11.8 Å². The van der Waals surface area contributed by atoms with Gasteiger partial charge in [-0.05, 0) is 104 Å². The number of aliphatic imine (C=N–C) groups is 1. The molecule has 1 spiro atoms. The van der Waals surface area contributed by atoms with E-state index in [1.807, 2.05) is 0 Å². The third kappa shape index (κ3) is 4.76. The fourth-order valence-electron chi connectivity index (χ4n) is 9.95. The standard InChI is InChI=1S/C54H36N2O/c1-2-14-34(15-3-1)48-33-49(39-30-37-18-12-16-35-17-13-19-38(31-39)52(35)37)56-53(55-48)43-23-5-4-20-40(43)36-28-29-51-47(32-36)54(46-26-10-11-27-50(46)57-51)44-24-8-6-21-41(44)42-22-7-9-25-45(42)54/h1-16,18-33,53,55H,17H2. The Labute approximate surface area is 332 Å². The topological polar surface area (TPSA) is 33.6 Å². The summed E-state index contributed by atoms with van der Waals surface area (Å²) in [7, 11) is 0. The number of ether oxygens (including phenoxy) is 1. The van der Waals surface area contributed by atoms with Crippen LogP contribution in [0.5, 0.6) is 11.5 Å². The Balaban J connectivity index is 1.04. The van der Waals surface area contributed by atoms with Crippen molar-refractivity contribution >= 4 is 28.3 Å². The zero-order valence-corrected chi connectivity index (χ0v) is 31.1. The summed E-state index contributed by atoms with van der Waals surface area (Å²) in [4.78, 5) is 5.53. The SMILES string of the molecule is C1=Cc2cc(C3=NC(c4ccccc4-c4ccc5c(c4)C4(c6ccccc6O5)c5ccccc5-c5ccccc54)NC(c4ccccc4)=C3)cc3cccc(c23)C1. The van der Waals surface area contributed by atoms with Crippen molar-refractivity contribution in [3.8, 4) is 33.8 Å². The van der Waals surface area contributed by atoms with Crippen LogP contribution < -0.4 is 10.1 Å². The minimum atomic E-state index is -0.537. The van der Waals surface area contributed by atoms with E-state index < -0.39 is 5.41 Å². The lowest BCUT2D eigenvalue weighted by molar-refractivity contribution is 0.436. The van der Waals surface area contributed by atoms with Crippen molar-refractivity contribution in [2.45, 2.75) is 18.0 Å². The van der Waals surface area contributed by atoms with Crippen LogP contribution >= 0.6 is 0 Å². The Hall–Kier alpha value is -7.23. The molecule has 268 valence electrons. The highest BCUT2D eigenvalue weighted by atomic mass is 16.5. The van der Waals surface area contributed by atoms with Crippen molar-refractivity contribution in [1.29, 1.82) is 0 Å². The molecular weight excluding hydrogens is 693 g/mol. The first-order valence-corrected chi connectivity index (χ1v) is 19.8. The van der Waals surface area contributed by atoms with Crippen LogP contribution in [0.3, 0.4) is 0 Å². The molecule has 2 aliphatic carbocycles. The van der Waals surface area contributed by atoms with Crippen molar-refractivity contribution < 1.29 is 4.74 Å². The first kappa shape index (κ1) is 32.1. The van der Waals surface area contributed by atoms with Crippen LogP contribution in [-0.4, -0.2) is 5.71 Å². The molecule has 2 heterocycles. The summed E-state index contributed by atoms with van der Waals surface area (Å²) < 4.78 is 6.77. The fraction of sp³-hybridized carbons (Fsp3) is 0.0556. The van der Waals surface area contributed by atoms with Crippen LogP contribution in [0.2, 0.25) is 0 Å². The molecule has 57 heavy (non-hydrogen) atoms. The molecule has 1 N–H and O–H groups in total. The molecule has 1 atom stereocenters. The monoisotopic (exact) mass is 728 g/mol. The van der Waals surface area contributed by atoms with Gasteiger partial charge in [-0.3, -0.25) is 4.99 Å². The van der Waals surface area contributed by atoms with Crippen molar-refractivity contribution in [1.82, 2.24) is 5.32 Å². The van der Waals surface area contributed by atoms with E-state index in [0.717, 1.165) is 68.3 Å². The van der Waals surface area contributed by atoms with Crippen LogP contribution in [0.15, 0.2) is 193 Å². The van der Waals surface area contributed by atoms with Gasteiger partial charge in [-0.2, -0.15) is 0 Å². The van der Waals surface area contributed by atoms with Crippen LogP contribution in [0.4, 0.5) is 0 Å². The normalized spacial score (nSPS) is 16.4. The Morgan fingerprint density at radius 2 is 1.25 bits per heavy atom. The average Bonchev–Trinajstić information content (AvgIpc) is 3.57. The zero-order valence-electron chi connectivity index (χ0n) is 31.1. The first-order valence-electron chi connectivity index (χ1n) is 19.8.